The molecule has 0 saturated carbocycles. The molecule has 1 fully saturated rings. The van der Waals surface area contributed by atoms with Crippen LogP contribution in [0.5, 0.6) is 0 Å². The van der Waals surface area contributed by atoms with Crippen LogP contribution in [-0.2, 0) is 11.3 Å². The van der Waals surface area contributed by atoms with Crippen molar-refractivity contribution in [3.63, 3.8) is 0 Å². The topological polar surface area (TPSA) is 45.6 Å². The fourth-order valence-corrected chi connectivity index (χ4v) is 2.49. The second kappa shape index (κ2) is 4.08. The monoisotopic (exact) mass is 228 g/mol. The van der Waals surface area contributed by atoms with Gasteiger partial charge in [-0.25, -0.2) is 4.98 Å². The molecule has 0 atom stereocenters. The van der Waals surface area contributed by atoms with E-state index in [9.17, 15) is 0 Å². The second-order valence-corrected chi connectivity index (χ2v) is 5.39. The first-order chi connectivity index (χ1) is 7.11. The van der Waals surface area contributed by atoms with Gasteiger partial charge in [-0.15, -0.1) is 0 Å². The zero-order valence-electron chi connectivity index (χ0n) is 9.06. The lowest BCUT2D eigenvalue weighted by Gasteiger charge is -2.37. The third kappa shape index (κ3) is 2.48. The maximum Gasteiger partial charge on any atom is 0.185 e. The normalized spacial score (nSPS) is 20.6. The summed E-state index contributed by atoms with van der Waals surface area (Å²) in [6.45, 7) is 6.71. The van der Waals surface area contributed by atoms with Crippen molar-refractivity contribution in [1.82, 2.24) is 4.98 Å². The number of aliphatic hydroxyl groups is 1. The van der Waals surface area contributed by atoms with Crippen LogP contribution in [-0.4, -0.2) is 35.4 Å². The lowest BCUT2D eigenvalue weighted by molar-refractivity contribution is -0.0277. The number of hydrogen-bond acceptors (Lipinski definition) is 5. The van der Waals surface area contributed by atoms with Crippen LogP contribution in [0.2, 0.25) is 0 Å². The molecule has 0 spiro atoms. The van der Waals surface area contributed by atoms with E-state index in [1.54, 1.807) is 17.5 Å². The molecule has 1 aliphatic rings. The van der Waals surface area contributed by atoms with Crippen LogP contribution in [0.25, 0.3) is 0 Å². The minimum atomic E-state index is -0.108. The SMILES string of the molecule is CC1(C)CN(c2ncc(CO)s2)CCO1. The Kier molecular flexibility index (Phi) is 2.95. The smallest absolute Gasteiger partial charge is 0.185 e. The maximum atomic E-state index is 8.98. The van der Waals surface area contributed by atoms with E-state index < -0.39 is 0 Å². The maximum absolute atomic E-state index is 8.98. The van der Waals surface area contributed by atoms with Gasteiger partial charge >= 0.3 is 0 Å². The molecule has 1 aromatic rings. The summed E-state index contributed by atoms with van der Waals surface area (Å²) in [4.78, 5) is 7.43. The first-order valence-corrected chi connectivity index (χ1v) is 5.87. The molecule has 2 heterocycles. The number of morpholine rings is 1. The van der Waals surface area contributed by atoms with Crippen LogP contribution < -0.4 is 4.90 Å². The van der Waals surface area contributed by atoms with Crippen LogP contribution in [0.3, 0.4) is 0 Å². The molecule has 0 amide bonds. The predicted molar refractivity (Wildman–Crippen MR) is 60.3 cm³/mol. The van der Waals surface area contributed by atoms with Gasteiger partial charge < -0.3 is 14.7 Å². The molecule has 1 aliphatic heterocycles. The lowest BCUT2D eigenvalue weighted by Crippen LogP contribution is -2.48. The Morgan fingerprint density at radius 3 is 3.07 bits per heavy atom. The Morgan fingerprint density at radius 1 is 1.67 bits per heavy atom. The van der Waals surface area contributed by atoms with Gasteiger partial charge in [-0.05, 0) is 13.8 Å². The highest BCUT2D eigenvalue weighted by atomic mass is 32.1. The molecule has 0 unspecified atom stereocenters. The second-order valence-electron chi connectivity index (χ2n) is 4.30. The van der Waals surface area contributed by atoms with Gasteiger partial charge in [0.25, 0.3) is 0 Å². The summed E-state index contributed by atoms with van der Waals surface area (Å²) in [6, 6.07) is 0. The number of rotatable bonds is 2. The molecule has 2 rings (SSSR count). The zero-order chi connectivity index (χ0) is 10.9. The first-order valence-electron chi connectivity index (χ1n) is 5.05. The average molecular weight is 228 g/mol. The molecule has 0 aromatic carbocycles. The van der Waals surface area contributed by atoms with Crippen molar-refractivity contribution in [2.24, 2.45) is 0 Å². The average Bonchev–Trinajstić information content (AvgIpc) is 2.64. The van der Waals surface area contributed by atoms with Gasteiger partial charge in [0, 0.05) is 19.3 Å². The summed E-state index contributed by atoms with van der Waals surface area (Å²) in [5.74, 6) is 0. The number of hydrogen-bond donors (Lipinski definition) is 1. The Morgan fingerprint density at radius 2 is 2.47 bits per heavy atom. The van der Waals surface area contributed by atoms with Gasteiger partial charge in [0.05, 0.1) is 23.7 Å². The minimum absolute atomic E-state index is 0.0748. The predicted octanol–water partition coefficient (Wildman–Crippen LogP) is 1.25. The fraction of sp³-hybridized carbons (Fsp3) is 0.700. The first kappa shape index (κ1) is 10.9. The van der Waals surface area contributed by atoms with Gasteiger partial charge in [-0.2, -0.15) is 0 Å². The lowest BCUT2D eigenvalue weighted by atomic mass is 10.1. The van der Waals surface area contributed by atoms with E-state index in [0.29, 0.717) is 0 Å². The Bertz CT molecular complexity index is 338. The number of thiazole rings is 1. The Labute approximate surface area is 93.5 Å². The molecule has 0 bridgehead atoms. The third-order valence-electron chi connectivity index (χ3n) is 2.39. The number of aliphatic hydroxyl groups excluding tert-OH is 1. The van der Waals surface area contributed by atoms with Gasteiger partial charge in [-0.3, -0.25) is 0 Å². The van der Waals surface area contributed by atoms with E-state index in [-0.39, 0.29) is 12.2 Å². The molecule has 1 saturated heterocycles. The van der Waals surface area contributed by atoms with Crippen LogP contribution in [0, 0.1) is 0 Å². The molecule has 1 aromatic heterocycles. The summed E-state index contributed by atoms with van der Waals surface area (Å²) >= 11 is 1.55. The van der Waals surface area contributed by atoms with Gasteiger partial charge in [-0.1, -0.05) is 11.3 Å². The number of nitrogens with zero attached hydrogens (tertiary/aromatic N) is 2. The number of anilines is 1. The van der Waals surface area contributed by atoms with Crippen molar-refractivity contribution >= 4 is 16.5 Å². The van der Waals surface area contributed by atoms with Gasteiger partial charge in [0.2, 0.25) is 0 Å². The van der Waals surface area contributed by atoms with Crippen LogP contribution in [0.15, 0.2) is 6.20 Å². The van der Waals surface area contributed by atoms with Gasteiger partial charge in [0.15, 0.2) is 5.13 Å². The molecule has 0 aliphatic carbocycles. The molecule has 4 nitrogen and oxygen atoms in total. The molecular weight excluding hydrogens is 212 g/mol. The molecule has 1 N–H and O–H groups in total. The summed E-state index contributed by atoms with van der Waals surface area (Å²) in [5.41, 5.74) is -0.108. The quantitative estimate of drug-likeness (QED) is 0.827. The van der Waals surface area contributed by atoms with Crippen molar-refractivity contribution < 1.29 is 9.84 Å². The molecule has 15 heavy (non-hydrogen) atoms. The van der Waals surface area contributed by atoms with Crippen molar-refractivity contribution in [2.75, 3.05) is 24.6 Å². The van der Waals surface area contributed by atoms with E-state index in [0.717, 1.165) is 29.7 Å². The summed E-state index contributed by atoms with van der Waals surface area (Å²) in [6.07, 6.45) is 1.74. The fourth-order valence-electron chi connectivity index (χ4n) is 1.70. The summed E-state index contributed by atoms with van der Waals surface area (Å²) in [5, 5.41) is 9.96. The number of aromatic nitrogens is 1. The largest absolute Gasteiger partial charge is 0.391 e. The zero-order valence-corrected chi connectivity index (χ0v) is 9.88. The highest BCUT2D eigenvalue weighted by Crippen LogP contribution is 2.27. The summed E-state index contributed by atoms with van der Waals surface area (Å²) < 4.78 is 5.64. The highest BCUT2D eigenvalue weighted by Gasteiger charge is 2.28. The standard InChI is InChI=1S/C10H16N2O2S/c1-10(2)7-12(3-4-14-10)9-11-5-8(6-13)15-9/h5,13H,3-4,6-7H2,1-2H3. The Balaban J connectivity index is 2.10. The van der Waals surface area contributed by atoms with E-state index in [1.165, 1.54) is 0 Å². The van der Waals surface area contributed by atoms with Crippen molar-refractivity contribution in [2.45, 2.75) is 26.1 Å². The van der Waals surface area contributed by atoms with Crippen LogP contribution >= 0.6 is 11.3 Å². The summed E-state index contributed by atoms with van der Waals surface area (Å²) in [7, 11) is 0. The Hall–Kier alpha value is -0.650. The van der Waals surface area contributed by atoms with Gasteiger partial charge in [0.1, 0.15) is 0 Å². The molecular formula is C10H16N2O2S. The van der Waals surface area contributed by atoms with E-state index in [2.05, 4.69) is 23.7 Å². The van der Waals surface area contributed by atoms with E-state index >= 15 is 0 Å². The molecule has 84 valence electrons. The molecule has 5 heteroatoms. The van der Waals surface area contributed by atoms with Crippen molar-refractivity contribution in [3.05, 3.63) is 11.1 Å². The highest BCUT2D eigenvalue weighted by molar-refractivity contribution is 7.15. The minimum Gasteiger partial charge on any atom is -0.391 e. The van der Waals surface area contributed by atoms with Crippen molar-refractivity contribution in [3.8, 4) is 0 Å². The van der Waals surface area contributed by atoms with E-state index in [4.69, 9.17) is 9.84 Å². The van der Waals surface area contributed by atoms with Crippen molar-refractivity contribution in [1.29, 1.82) is 0 Å². The number of ether oxygens (including phenoxy) is 1. The third-order valence-corrected chi connectivity index (χ3v) is 3.44. The molecule has 0 radical (unpaired) electrons. The van der Waals surface area contributed by atoms with Crippen LogP contribution in [0.1, 0.15) is 18.7 Å². The van der Waals surface area contributed by atoms with E-state index in [1.807, 2.05) is 0 Å². The van der Waals surface area contributed by atoms with Crippen LogP contribution in [0.4, 0.5) is 5.13 Å².